The second-order valence-corrected chi connectivity index (χ2v) is 6.66. The summed E-state index contributed by atoms with van der Waals surface area (Å²) in [7, 11) is 0. The Hall–Kier alpha value is -1.42. The van der Waals surface area contributed by atoms with E-state index in [1.165, 1.54) is 5.69 Å². The normalized spacial score (nSPS) is 15.5. The Labute approximate surface area is 153 Å². The molecule has 3 nitrogen and oxygen atoms in total. The minimum atomic E-state index is 0.624. The van der Waals surface area contributed by atoms with Crippen LogP contribution in [0.4, 0.5) is 5.69 Å². The molecule has 0 spiro atoms. The van der Waals surface area contributed by atoms with Crippen LogP contribution >= 0.6 is 23.2 Å². The van der Waals surface area contributed by atoms with Crippen LogP contribution in [0.15, 0.2) is 42.5 Å². The molecule has 1 heterocycles. The number of halogens is 2. The molecule has 3 rings (SSSR count). The zero-order valence-corrected chi connectivity index (χ0v) is 15.4. The van der Waals surface area contributed by atoms with Gasteiger partial charge in [0.25, 0.3) is 0 Å². The van der Waals surface area contributed by atoms with Crippen molar-refractivity contribution in [2.24, 2.45) is 0 Å². The van der Waals surface area contributed by atoms with E-state index >= 15 is 0 Å². The number of rotatable bonds is 5. The van der Waals surface area contributed by atoms with E-state index < -0.39 is 0 Å². The van der Waals surface area contributed by atoms with Gasteiger partial charge in [-0.2, -0.15) is 0 Å². The average molecular weight is 365 g/mol. The number of hydrogen-bond acceptors (Lipinski definition) is 3. The number of benzene rings is 2. The topological polar surface area (TPSA) is 15.7 Å². The average Bonchev–Trinajstić information content (AvgIpc) is 2.61. The number of para-hydroxylation sites is 2. The summed E-state index contributed by atoms with van der Waals surface area (Å²) >= 11 is 12.4. The molecule has 2 aromatic carbocycles. The van der Waals surface area contributed by atoms with Gasteiger partial charge in [0.1, 0.15) is 5.75 Å². The van der Waals surface area contributed by atoms with E-state index in [2.05, 4.69) is 21.9 Å². The smallest absolute Gasteiger partial charge is 0.142 e. The second-order valence-electron chi connectivity index (χ2n) is 5.88. The SMILES string of the molecule is CCOc1ccccc1N1CCN(Cc2cccc(Cl)c2Cl)CC1. The monoisotopic (exact) mass is 364 g/mol. The van der Waals surface area contributed by atoms with E-state index in [1.54, 1.807) is 0 Å². The standard InChI is InChI=1S/C19H22Cl2N2O/c1-2-24-18-9-4-3-8-17(18)23-12-10-22(11-13-23)14-15-6-5-7-16(20)19(15)21/h3-9H,2,10-14H2,1H3. The zero-order chi connectivity index (χ0) is 16.9. The third-order valence-corrected chi connectivity index (χ3v) is 5.16. The van der Waals surface area contributed by atoms with Crippen LogP contribution in [-0.4, -0.2) is 37.7 Å². The lowest BCUT2D eigenvalue weighted by Crippen LogP contribution is -2.46. The van der Waals surface area contributed by atoms with Gasteiger partial charge in [0, 0.05) is 32.7 Å². The number of hydrogen-bond donors (Lipinski definition) is 0. The van der Waals surface area contributed by atoms with Gasteiger partial charge in [-0.25, -0.2) is 0 Å². The Morgan fingerprint density at radius 1 is 0.958 bits per heavy atom. The van der Waals surface area contributed by atoms with Crippen molar-refractivity contribution in [2.45, 2.75) is 13.5 Å². The highest BCUT2D eigenvalue weighted by Crippen LogP contribution is 2.30. The highest BCUT2D eigenvalue weighted by Gasteiger charge is 2.20. The zero-order valence-electron chi connectivity index (χ0n) is 13.8. The molecule has 0 radical (unpaired) electrons. The molecular formula is C19H22Cl2N2O. The van der Waals surface area contributed by atoms with E-state index in [-0.39, 0.29) is 0 Å². The summed E-state index contributed by atoms with van der Waals surface area (Å²) in [5.74, 6) is 0.964. The summed E-state index contributed by atoms with van der Waals surface area (Å²) in [6.07, 6.45) is 0. The van der Waals surface area contributed by atoms with Crippen LogP contribution in [0, 0.1) is 0 Å². The predicted molar refractivity (Wildman–Crippen MR) is 102 cm³/mol. The maximum atomic E-state index is 6.31. The third kappa shape index (κ3) is 3.97. The molecule has 0 atom stereocenters. The number of nitrogens with zero attached hydrogens (tertiary/aromatic N) is 2. The van der Waals surface area contributed by atoms with Gasteiger partial charge in [-0.15, -0.1) is 0 Å². The summed E-state index contributed by atoms with van der Waals surface area (Å²) in [4.78, 5) is 4.80. The summed E-state index contributed by atoms with van der Waals surface area (Å²) in [5.41, 5.74) is 2.27. The molecule has 2 aromatic rings. The van der Waals surface area contributed by atoms with Crippen LogP contribution in [0.3, 0.4) is 0 Å². The summed E-state index contributed by atoms with van der Waals surface area (Å²) in [6, 6.07) is 14.1. The summed E-state index contributed by atoms with van der Waals surface area (Å²) in [5, 5.41) is 1.29. The van der Waals surface area contributed by atoms with Gasteiger partial charge in [-0.3, -0.25) is 4.90 Å². The third-order valence-electron chi connectivity index (χ3n) is 4.30. The van der Waals surface area contributed by atoms with Crippen molar-refractivity contribution in [3.05, 3.63) is 58.1 Å². The maximum absolute atomic E-state index is 6.31. The fourth-order valence-corrected chi connectivity index (χ4v) is 3.43. The van der Waals surface area contributed by atoms with Gasteiger partial charge < -0.3 is 9.64 Å². The minimum Gasteiger partial charge on any atom is -0.492 e. The molecule has 0 amide bonds. The highest BCUT2D eigenvalue weighted by molar-refractivity contribution is 6.42. The van der Waals surface area contributed by atoms with E-state index in [0.29, 0.717) is 16.7 Å². The van der Waals surface area contributed by atoms with Crippen molar-refractivity contribution in [1.29, 1.82) is 0 Å². The Balaban J connectivity index is 1.63. The first-order valence-corrected chi connectivity index (χ1v) is 9.06. The minimum absolute atomic E-state index is 0.624. The maximum Gasteiger partial charge on any atom is 0.142 e. The van der Waals surface area contributed by atoms with Crippen molar-refractivity contribution in [3.63, 3.8) is 0 Å². The Bertz CT molecular complexity index is 685. The second kappa shape index (κ2) is 8.11. The molecule has 0 aliphatic carbocycles. The largest absolute Gasteiger partial charge is 0.492 e. The molecular weight excluding hydrogens is 343 g/mol. The predicted octanol–water partition coefficient (Wildman–Crippen LogP) is 4.71. The molecule has 5 heteroatoms. The lowest BCUT2D eigenvalue weighted by Gasteiger charge is -2.36. The molecule has 0 N–H and O–H groups in total. The Kier molecular flexibility index (Phi) is 5.88. The van der Waals surface area contributed by atoms with Crippen LogP contribution in [0.5, 0.6) is 5.75 Å². The van der Waals surface area contributed by atoms with Gasteiger partial charge in [-0.05, 0) is 30.7 Å². The molecule has 1 saturated heterocycles. The molecule has 0 aromatic heterocycles. The van der Waals surface area contributed by atoms with Gasteiger partial charge in [0.15, 0.2) is 0 Å². The van der Waals surface area contributed by atoms with Gasteiger partial charge in [-0.1, -0.05) is 47.5 Å². The van der Waals surface area contributed by atoms with Gasteiger partial charge >= 0.3 is 0 Å². The van der Waals surface area contributed by atoms with E-state index in [9.17, 15) is 0 Å². The molecule has 1 fully saturated rings. The number of ether oxygens (including phenoxy) is 1. The Morgan fingerprint density at radius 3 is 2.46 bits per heavy atom. The molecule has 0 unspecified atom stereocenters. The first-order valence-electron chi connectivity index (χ1n) is 8.31. The van der Waals surface area contributed by atoms with Crippen molar-refractivity contribution in [1.82, 2.24) is 4.90 Å². The van der Waals surface area contributed by atoms with Crippen molar-refractivity contribution in [2.75, 3.05) is 37.7 Å². The molecule has 24 heavy (non-hydrogen) atoms. The lowest BCUT2D eigenvalue weighted by molar-refractivity contribution is 0.248. The quantitative estimate of drug-likeness (QED) is 0.763. The first kappa shape index (κ1) is 17.4. The molecule has 128 valence electrons. The van der Waals surface area contributed by atoms with Crippen LogP contribution in [0.2, 0.25) is 10.0 Å². The van der Waals surface area contributed by atoms with Crippen LogP contribution in [-0.2, 0) is 6.54 Å². The Morgan fingerprint density at radius 2 is 1.71 bits per heavy atom. The first-order chi connectivity index (χ1) is 11.7. The van der Waals surface area contributed by atoms with Crippen molar-refractivity contribution < 1.29 is 4.74 Å². The summed E-state index contributed by atoms with van der Waals surface area (Å²) < 4.78 is 5.75. The molecule has 1 aliphatic heterocycles. The molecule has 0 saturated carbocycles. The van der Waals surface area contributed by atoms with E-state index in [4.69, 9.17) is 27.9 Å². The molecule has 0 bridgehead atoms. The highest BCUT2D eigenvalue weighted by atomic mass is 35.5. The van der Waals surface area contributed by atoms with Crippen LogP contribution < -0.4 is 9.64 Å². The van der Waals surface area contributed by atoms with Crippen LogP contribution in [0.1, 0.15) is 12.5 Å². The van der Waals surface area contributed by atoms with Crippen molar-refractivity contribution in [3.8, 4) is 5.75 Å². The molecule has 1 aliphatic rings. The lowest BCUT2D eigenvalue weighted by atomic mass is 10.2. The number of piperazine rings is 1. The van der Waals surface area contributed by atoms with E-state index in [1.807, 2.05) is 37.3 Å². The van der Waals surface area contributed by atoms with Crippen LogP contribution in [0.25, 0.3) is 0 Å². The number of anilines is 1. The fourth-order valence-electron chi connectivity index (χ4n) is 3.05. The van der Waals surface area contributed by atoms with E-state index in [0.717, 1.165) is 44.0 Å². The van der Waals surface area contributed by atoms with Crippen molar-refractivity contribution >= 4 is 28.9 Å². The summed E-state index contributed by atoms with van der Waals surface area (Å²) in [6.45, 7) is 7.46. The van der Waals surface area contributed by atoms with Gasteiger partial charge in [0.05, 0.1) is 22.3 Å². The van der Waals surface area contributed by atoms with Gasteiger partial charge in [0.2, 0.25) is 0 Å². The fraction of sp³-hybridized carbons (Fsp3) is 0.368.